The zero-order valence-corrected chi connectivity index (χ0v) is 15.6. The van der Waals surface area contributed by atoms with Gasteiger partial charge in [-0.25, -0.2) is 0 Å². The number of nitrogens with zero attached hydrogens (tertiary/aromatic N) is 1. The van der Waals surface area contributed by atoms with Gasteiger partial charge in [0.05, 0.1) is 11.7 Å². The predicted molar refractivity (Wildman–Crippen MR) is 102 cm³/mol. The van der Waals surface area contributed by atoms with Crippen molar-refractivity contribution in [2.75, 3.05) is 0 Å². The van der Waals surface area contributed by atoms with Crippen LogP contribution in [0.25, 0.3) is 0 Å². The minimum Gasteiger partial charge on any atom is -0.488 e. The fraction of sp³-hybridized carbons (Fsp3) is 0.409. The molecular formula is C22H26N2O2. The van der Waals surface area contributed by atoms with Crippen LogP contribution in [0.2, 0.25) is 0 Å². The number of hydrogen-bond donors (Lipinski definition) is 2. The molecule has 26 heavy (non-hydrogen) atoms. The van der Waals surface area contributed by atoms with Crippen molar-refractivity contribution in [3.8, 4) is 11.8 Å². The minimum absolute atomic E-state index is 0.00914. The first-order valence-electron chi connectivity index (χ1n) is 9.07. The molecule has 0 radical (unpaired) electrons. The van der Waals surface area contributed by atoms with E-state index in [-0.39, 0.29) is 11.6 Å². The molecule has 0 amide bonds. The second kappa shape index (κ2) is 7.49. The smallest absolute Gasteiger partial charge is 0.137 e. The molecule has 0 fully saturated rings. The molecule has 1 aliphatic carbocycles. The Morgan fingerprint density at radius 2 is 1.92 bits per heavy atom. The molecule has 0 heterocycles. The Morgan fingerprint density at radius 3 is 2.58 bits per heavy atom. The van der Waals surface area contributed by atoms with Crippen LogP contribution in [-0.4, -0.2) is 16.7 Å². The van der Waals surface area contributed by atoms with E-state index in [2.05, 4.69) is 32.2 Å². The van der Waals surface area contributed by atoms with Crippen molar-refractivity contribution >= 4 is 0 Å². The number of aliphatic hydroxyl groups excluding tert-OH is 1. The second-order valence-corrected chi connectivity index (χ2v) is 7.88. The molecule has 0 aliphatic heterocycles. The Labute approximate surface area is 155 Å². The summed E-state index contributed by atoms with van der Waals surface area (Å²) in [5.41, 5.74) is 3.29. The van der Waals surface area contributed by atoms with Crippen molar-refractivity contribution in [1.82, 2.24) is 5.32 Å². The highest BCUT2D eigenvalue weighted by atomic mass is 16.5. The van der Waals surface area contributed by atoms with Crippen LogP contribution < -0.4 is 10.1 Å². The molecule has 1 aliphatic rings. The summed E-state index contributed by atoms with van der Waals surface area (Å²) in [7, 11) is 0. The molecule has 0 saturated carbocycles. The molecule has 2 aromatic rings. The van der Waals surface area contributed by atoms with E-state index in [0.29, 0.717) is 17.9 Å². The van der Waals surface area contributed by atoms with E-state index in [1.54, 1.807) is 0 Å². The third-order valence-corrected chi connectivity index (χ3v) is 4.68. The Morgan fingerprint density at radius 1 is 1.19 bits per heavy atom. The van der Waals surface area contributed by atoms with Crippen molar-refractivity contribution in [3.63, 3.8) is 0 Å². The molecular weight excluding hydrogens is 324 g/mol. The lowest BCUT2D eigenvalue weighted by molar-refractivity contribution is 0.0998. The van der Waals surface area contributed by atoms with Crippen LogP contribution in [0.1, 0.15) is 55.5 Å². The summed E-state index contributed by atoms with van der Waals surface area (Å²) in [5.74, 6) is 0.588. The van der Waals surface area contributed by atoms with Crippen LogP contribution >= 0.6 is 0 Å². The van der Waals surface area contributed by atoms with Crippen LogP contribution in [0.3, 0.4) is 0 Å². The summed E-state index contributed by atoms with van der Waals surface area (Å²) in [4.78, 5) is 0. The van der Waals surface area contributed by atoms with Gasteiger partial charge >= 0.3 is 0 Å². The zero-order valence-electron chi connectivity index (χ0n) is 15.6. The van der Waals surface area contributed by atoms with Crippen LogP contribution in [-0.2, 0) is 13.0 Å². The summed E-state index contributed by atoms with van der Waals surface area (Å²) in [6.07, 6.45) is 0.932. The van der Waals surface area contributed by atoms with Gasteiger partial charge in [-0.1, -0.05) is 36.4 Å². The number of rotatable bonds is 4. The van der Waals surface area contributed by atoms with Gasteiger partial charge in [-0.15, -0.1) is 0 Å². The number of aliphatic hydroxyl groups is 1. The lowest BCUT2D eigenvalue weighted by Gasteiger charge is -2.36. The molecule has 0 spiro atoms. The van der Waals surface area contributed by atoms with Gasteiger partial charge in [-0.05, 0) is 56.4 Å². The predicted octanol–water partition coefficient (Wildman–Crippen LogP) is 3.87. The molecule has 0 unspecified atom stereocenters. The van der Waals surface area contributed by atoms with Gasteiger partial charge in [0.2, 0.25) is 0 Å². The van der Waals surface area contributed by atoms with Gasteiger partial charge in [0.1, 0.15) is 18.4 Å². The second-order valence-electron chi connectivity index (χ2n) is 7.88. The van der Waals surface area contributed by atoms with Crippen molar-refractivity contribution in [2.24, 2.45) is 0 Å². The van der Waals surface area contributed by atoms with E-state index in [4.69, 9.17) is 4.74 Å². The highest BCUT2D eigenvalue weighted by Crippen LogP contribution is 2.36. The SMILES string of the molecule is CC(C)(C)N[C@@H]1CCc2c(ccc(OCc3ccccc3)c2C#N)[C@H]1O. The fourth-order valence-corrected chi connectivity index (χ4v) is 3.55. The van der Waals surface area contributed by atoms with Gasteiger partial charge in [0.15, 0.2) is 0 Å². The minimum atomic E-state index is -0.617. The van der Waals surface area contributed by atoms with E-state index >= 15 is 0 Å². The van der Waals surface area contributed by atoms with Gasteiger partial charge < -0.3 is 15.2 Å². The van der Waals surface area contributed by atoms with E-state index < -0.39 is 6.10 Å². The van der Waals surface area contributed by atoms with Gasteiger partial charge in [-0.2, -0.15) is 5.26 Å². The average Bonchev–Trinajstić information content (AvgIpc) is 2.61. The van der Waals surface area contributed by atoms with Crippen LogP contribution in [0, 0.1) is 11.3 Å². The van der Waals surface area contributed by atoms with Crippen molar-refractivity contribution in [3.05, 3.63) is 64.7 Å². The normalized spacial score (nSPS) is 19.5. The van der Waals surface area contributed by atoms with Crippen molar-refractivity contribution in [2.45, 2.75) is 57.9 Å². The third-order valence-electron chi connectivity index (χ3n) is 4.68. The highest BCUT2D eigenvalue weighted by molar-refractivity contribution is 5.54. The third kappa shape index (κ3) is 4.07. The first-order valence-corrected chi connectivity index (χ1v) is 9.07. The molecule has 0 saturated heterocycles. The first kappa shape index (κ1) is 18.4. The lowest BCUT2D eigenvalue weighted by atomic mass is 9.82. The molecule has 2 aromatic carbocycles. The standard InChI is InChI=1S/C22H26N2O2/c1-22(2,3)24-19-11-9-16-17(21(19)25)10-12-20(18(16)13-23)26-14-15-7-5-4-6-8-15/h4-8,10,12,19,21,24-25H,9,11,14H2,1-3H3/t19-,21-/m1/s1. The molecule has 4 heteroatoms. The number of fused-ring (bicyclic) bond motifs is 1. The molecule has 2 atom stereocenters. The van der Waals surface area contributed by atoms with E-state index in [1.165, 1.54) is 0 Å². The number of benzene rings is 2. The number of hydrogen-bond acceptors (Lipinski definition) is 4. The van der Waals surface area contributed by atoms with Crippen LogP contribution in [0.4, 0.5) is 0 Å². The van der Waals surface area contributed by atoms with Gasteiger partial charge in [0.25, 0.3) is 0 Å². The highest BCUT2D eigenvalue weighted by Gasteiger charge is 2.32. The lowest BCUT2D eigenvalue weighted by Crippen LogP contribution is -2.48. The topological polar surface area (TPSA) is 65.3 Å². The van der Waals surface area contributed by atoms with Crippen LogP contribution in [0.15, 0.2) is 42.5 Å². The van der Waals surface area contributed by atoms with Gasteiger partial charge in [-0.3, -0.25) is 0 Å². The largest absolute Gasteiger partial charge is 0.488 e. The summed E-state index contributed by atoms with van der Waals surface area (Å²) in [6.45, 7) is 6.70. The Bertz CT molecular complexity index is 803. The van der Waals surface area contributed by atoms with E-state index in [0.717, 1.165) is 29.5 Å². The Balaban J connectivity index is 1.83. The zero-order chi connectivity index (χ0) is 18.7. The van der Waals surface area contributed by atoms with Crippen LogP contribution in [0.5, 0.6) is 5.75 Å². The maximum absolute atomic E-state index is 10.8. The number of nitrogens with one attached hydrogen (secondary N) is 1. The fourth-order valence-electron chi connectivity index (χ4n) is 3.55. The van der Waals surface area contributed by atoms with E-state index in [9.17, 15) is 10.4 Å². The molecule has 4 nitrogen and oxygen atoms in total. The van der Waals surface area contributed by atoms with E-state index in [1.807, 2.05) is 42.5 Å². The maximum atomic E-state index is 10.8. The molecule has 3 rings (SSSR count). The van der Waals surface area contributed by atoms with Crippen molar-refractivity contribution < 1.29 is 9.84 Å². The average molecular weight is 350 g/mol. The molecule has 0 bridgehead atoms. The molecule has 0 aromatic heterocycles. The summed E-state index contributed by atoms with van der Waals surface area (Å²) in [6, 6.07) is 15.9. The summed E-state index contributed by atoms with van der Waals surface area (Å²) < 4.78 is 5.90. The number of nitriles is 1. The number of ether oxygens (including phenoxy) is 1. The van der Waals surface area contributed by atoms with Gasteiger partial charge in [0, 0.05) is 11.6 Å². The summed E-state index contributed by atoms with van der Waals surface area (Å²) >= 11 is 0. The monoisotopic (exact) mass is 350 g/mol. The maximum Gasteiger partial charge on any atom is 0.137 e. The summed E-state index contributed by atoms with van der Waals surface area (Å²) in [5, 5.41) is 24.0. The Kier molecular flexibility index (Phi) is 5.31. The van der Waals surface area contributed by atoms with Crippen molar-refractivity contribution in [1.29, 1.82) is 5.26 Å². The Hall–Kier alpha value is -2.35. The quantitative estimate of drug-likeness (QED) is 0.878. The first-order chi connectivity index (χ1) is 12.4. The molecule has 2 N–H and O–H groups in total. The molecule has 136 valence electrons.